The summed E-state index contributed by atoms with van der Waals surface area (Å²) in [6, 6.07) is 3.87. The SMILES string of the molecule is CCOC(=O)CCCC(=O)c1c(C)cc(Br)cc1C. The van der Waals surface area contributed by atoms with Crippen molar-refractivity contribution < 1.29 is 14.3 Å². The Hall–Kier alpha value is -1.16. The van der Waals surface area contributed by atoms with Crippen molar-refractivity contribution in [1.82, 2.24) is 0 Å². The number of hydrogen-bond donors (Lipinski definition) is 0. The van der Waals surface area contributed by atoms with Crippen LogP contribution < -0.4 is 0 Å². The molecular formula is C15H19BrO3. The van der Waals surface area contributed by atoms with Crippen LogP contribution in [0.1, 0.15) is 47.7 Å². The Labute approximate surface area is 122 Å². The molecule has 0 N–H and O–H groups in total. The summed E-state index contributed by atoms with van der Waals surface area (Å²) in [6.07, 6.45) is 1.21. The van der Waals surface area contributed by atoms with Gasteiger partial charge in [0, 0.05) is 22.9 Å². The average molecular weight is 327 g/mol. The Morgan fingerprint density at radius 2 is 1.74 bits per heavy atom. The summed E-state index contributed by atoms with van der Waals surface area (Å²) in [5.74, 6) is -0.147. The zero-order valence-corrected chi connectivity index (χ0v) is 13.2. The van der Waals surface area contributed by atoms with Crippen molar-refractivity contribution in [3.63, 3.8) is 0 Å². The number of aryl methyl sites for hydroxylation is 2. The highest BCUT2D eigenvalue weighted by atomic mass is 79.9. The number of Topliss-reactive ketones (excluding diaryl/α,β-unsaturated/α-hetero) is 1. The molecule has 0 unspecified atom stereocenters. The molecule has 1 rings (SSSR count). The Morgan fingerprint density at radius 1 is 1.16 bits per heavy atom. The molecule has 0 radical (unpaired) electrons. The molecule has 3 nitrogen and oxygen atoms in total. The minimum atomic E-state index is -0.237. The number of esters is 1. The first kappa shape index (κ1) is 15.9. The zero-order valence-electron chi connectivity index (χ0n) is 11.6. The maximum Gasteiger partial charge on any atom is 0.305 e. The lowest BCUT2D eigenvalue weighted by Gasteiger charge is -2.09. The Morgan fingerprint density at radius 3 is 2.26 bits per heavy atom. The maximum absolute atomic E-state index is 12.2. The fourth-order valence-electron chi connectivity index (χ4n) is 2.10. The van der Waals surface area contributed by atoms with Crippen LogP contribution in [0.15, 0.2) is 16.6 Å². The molecular weight excluding hydrogens is 308 g/mol. The molecule has 0 bridgehead atoms. The highest BCUT2D eigenvalue weighted by molar-refractivity contribution is 9.10. The number of hydrogen-bond acceptors (Lipinski definition) is 3. The largest absolute Gasteiger partial charge is 0.466 e. The molecule has 0 aliphatic rings. The maximum atomic E-state index is 12.2. The van der Waals surface area contributed by atoms with Crippen LogP contribution in [-0.4, -0.2) is 18.4 Å². The molecule has 0 heterocycles. The third kappa shape index (κ3) is 4.78. The molecule has 104 valence electrons. The van der Waals surface area contributed by atoms with Gasteiger partial charge in [0.05, 0.1) is 6.61 Å². The van der Waals surface area contributed by atoms with E-state index in [0.717, 1.165) is 21.2 Å². The highest BCUT2D eigenvalue weighted by Crippen LogP contribution is 2.22. The smallest absolute Gasteiger partial charge is 0.305 e. The summed E-state index contributed by atoms with van der Waals surface area (Å²) in [5.41, 5.74) is 2.70. The second kappa shape index (κ2) is 7.43. The summed E-state index contributed by atoms with van der Waals surface area (Å²) in [4.78, 5) is 23.4. The highest BCUT2D eigenvalue weighted by Gasteiger charge is 2.13. The summed E-state index contributed by atoms with van der Waals surface area (Å²) in [7, 11) is 0. The molecule has 0 saturated carbocycles. The standard InChI is InChI=1S/C15H19BrO3/c1-4-19-14(18)7-5-6-13(17)15-10(2)8-12(16)9-11(15)3/h8-9H,4-7H2,1-3H3. The molecule has 0 atom stereocenters. The molecule has 0 aliphatic carbocycles. The Kier molecular flexibility index (Phi) is 6.22. The molecule has 0 spiro atoms. The number of carbonyl (C=O) groups is 2. The summed E-state index contributed by atoms with van der Waals surface area (Å²) >= 11 is 3.41. The Bertz CT molecular complexity index is 457. The van der Waals surface area contributed by atoms with Gasteiger partial charge in [0.2, 0.25) is 0 Å². The zero-order chi connectivity index (χ0) is 14.4. The minimum absolute atomic E-state index is 0.0896. The third-order valence-corrected chi connectivity index (χ3v) is 3.32. The molecule has 0 saturated heterocycles. The number of carbonyl (C=O) groups excluding carboxylic acids is 2. The Balaban J connectivity index is 2.62. The van der Waals surface area contributed by atoms with E-state index in [1.807, 2.05) is 26.0 Å². The van der Waals surface area contributed by atoms with Crippen molar-refractivity contribution in [2.24, 2.45) is 0 Å². The van der Waals surface area contributed by atoms with Crippen LogP contribution in [-0.2, 0) is 9.53 Å². The second-order valence-electron chi connectivity index (χ2n) is 4.50. The molecule has 0 amide bonds. The number of rotatable bonds is 6. The van der Waals surface area contributed by atoms with Crippen LogP contribution in [0.3, 0.4) is 0 Å². The lowest BCUT2D eigenvalue weighted by atomic mass is 9.96. The summed E-state index contributed by atoms with van der Waals surface area (Å²) in [5, 5.41) is 0. The molecule has 0 fully saturated rings. The predicted molar refractivity (Wildman–Crippen MR) is 78.4 cm³/mol. The molecule has 1 aromatic carbocycles. The summed E-state index contributed by atoms with van der Waals surface area (Å²) in [6.45, 7) is 6.02. The van der Waals surface area contributed by atoms with Gasteiger partial charge in [-0.25, -0.2) is 0 Å². The number of benzene rings is 1. The van der Waals surface area contributed by atoms with Crippen molar-refractivity contribution in [1.29, 1.82) is 0 Å². The minimum Gasteiger partial charge on any atom is -0.466 e. The van der Waals surface area contributed by atoms with Gasteiger partial charge in [0.1, 0.15) is 0 Å². The number of halogens is 1. The fourth-order valence-corrected chi connectivity index (χ4v) is 2.79. The van der Waals surface area contributed by atoms with Gasteiger partial charge in [0.25, 0.3) is 0 Å². The van der Waals surface area contributed by atoms with Crippen molar-refractivity contribution in [2.75, 3.05) is 6.61 Å². The van der Waals surface area contributed by atoms with E-state index in [1.54, 1.807) is 6.92 Å². The van der Waals surface area contributed by atoms with Gasteiger partial charge in [-0.3, -0.25) is 9.59 Å². The van der Waals surface area contributed by atoms with E-state index >= 15 is 0 Å². The third-order valence-electron chi connectivity index (χ3n) is 2.87. The van der Waals surface area contributed by atoms with Crippen molar-refractivity contribution in [3.8, 4) is 0 Å². The van der Waals surface area contributed by atoms with Crippen LogP contribution in [0.5, 0.6) is 0 Å². The van der Waals surface area contributed by atoms with E-state index in [0.29, 0.717) is 25.9 Å². The molecule has 0 aromatic heterocycles. The van der Waals surface area contributed by atoms with E-state index < -0.39 is 0 Å². The topological polar surface area (TPSA) is 43.4 Å². The second-order valence-corrected chi connectivity index (χ2v) is 5.41. The van der Waals surface area contributed by atoms with E-state index in [9.17, 15) is 9.59 Å². The quantitative estimate of drug-likeness (QED) is 0.586. The molecule has 19 heavy (non-hydrogen) atoms. The number of ketones is 1. The van der Waals surface area contributed by atoms with Gasteiger partial charge >= 0.3 is 5.97 Å². The number of ether oxygens (including phenoxy) is 1. The van der Waals surface area contributed by atoms with E-state index in [1.165, 1.54) is 0 Å². The van der Waals surface area contributed by atoms with E-state index in [-0.39, 0.29) is 11.8 Å². The molecule has 1 aromatic rings. The molecule has 4 heteroatoms. The van der Waals surface area contributed by atoms with Crippen molar-refractivity contribution in [3.05, 3.63) is 33.3 Å². The van der Waals surface area contributed by atoms with Gasteiger partial charge in [-0.05, 0) is 50.5 Å². The van der Waals surface area contributed by atoms with Gasteiger partial charge < -0.3 is 4.74 Å². The first-order valence-corrected chi connectivity index (χ1v) is 7.20. The van der Waals surface area contributed by atoms with Crippen molar-refractivity contribution >= 4 is 27.7 Å². The monoisotopic (exact) mass is 326 g/mol. The van der Waals surface area contributed by atoms with Crippen LogP contribution >= 0.6 is 15.9 Å². The lowest BCUT2D eigenvalue weighted by Crippen LogP contribution is -2.08. The van der Waals surface area contributed by atoms with Crippen LogP contribution in [0.25, 0.3) is 0 Å². The first-order chi connectivity index (χ1) is 8.95. The molecule has 0 aliphatic heterocycles. The van der Waals surface area contributed by atoms with Gasteiger partial charge in [-0.15, -0.1) is 0 Å². The van der Waals surface area contributed by atoms with Crippen molar-refractivity contribution in [2.45, 2.75) is 40.0 Å². The lowest BCUT2D eigenvalue weighted by molar-refractivity contribution is -0.143. The van der Waals surface area contributed by atoms with Gasteiger partial charge in [-0.1, -0.05) is 15.9 Å². The van der Waals surface area contributed by atoms with E-state index in [4.69, 9.17) is 4.74 Å². The van der Waals surface area contributed by atoms with Gasteiger partial charge in [0.15, 0.2) is 5.78 Å². The van der Waals surface area contributed by atoms with Crippen LogP contribution in [0.2, 0.25) is 0 Å². The predicted octanol–water partition coefficient (Wildman–Crippen LogP) is 3.98. The first-order valence-electron chi connectivity index (χ1n) is 6.41. The van der Waals surface area contributed by atoms with Crippen LogP contribution in [0.4, 0.5) is 0 Å². The van der Waals surface area contributed by atoms with Gasteiger partial charge in [-0.2, -0.15) is 0 Å². The normalized spacial score (nSPS) is 10.3. The summed E-state index contributed by atoms with van der Waals surface area (Å²) < 4.78 is 5.81. The van der Waals surface area contributed by atoms with Crippen LogP contribution in [0, 0.1) is 13.8 Å². The fraction of sp³-hybridized carbons (Fsp3) is 0.467. The van der Waals surface area contributed by atoms with E-state index in [2.05, 4.69) is 15.9 Å². The average Bonchev–Trinajstić information content (AvgIpc) is 2.27.